The van der Waals surface area contributed by atoms with Crippen LogP contribution in [0.5, 0.6) is 0 Å². The summed E-state index contributed by atoms with van der Waals surface area (Å²) in [6, 6.07) is 92.6. The quantitative estimate of drug-likeness (QED) is 0.148. The van der Waals surface area contributed by atoms with Crippen molar-refractivity contribution in [1.29, 1.82) is 0 Å². The van der Waals surface area contributed by atoms with Crippen LogP contribution >= 0.6 is 0 Å². The third-order valence-electron chi connectivity index (χ3n) is 12.8. The molecule has 0 amide bonds. The van der Waals surface area contributed by atoms with Crippen molar-refractivity contribution in [2.75, 3.05) is 4.90 Å². The van der Waals surface area contributed by atoms with Gasteiger partial charge in [0.25, 0.3) is 0 Å². The molecule has 300 valence electrons. The lowest BCUT2D eigenvalue weighted by Crippen LogP contribution is -2.09. The zero-order valence-electron chi connectivity index (χ0n) is 35.1. The smallest absolute Gasteiger partial charge is 0.0619 e. The molecule has 1 heterocycles. The summed E-state index contributed by atoms with van der Waals surface area (Å²) in [5, 5.41) is 7.50. The number of para-hydroxylation sites is 1. The normalized spacial score (nSPS) is 11.4. The predicted molar refractivity (Wildman–Crippen MR) is 272 cm³/mol. The van der Waals surface area contributed by atoms with Gasteiger partial charge in [0.2, 0.25) is 0 Å². The van der Waals surface area contributed by atoms with E-state index >= 15 is 0 Å². The Morgan fingerprint density at radius 2 is 0.656 bits per heavy atom. The Hall–Kier alpha value is -8.46. The standard InChI is InChI=1S/C62H42N2/c1-3-11-43(12-4-1)45-19-21-46(22-20-45)47-25-33-55(34-26-47)63(56-35-27-48(28-36-56)52-24-23-44-13-7-8-15-51(44)41-52)57-37-29-49(30-38-57)53-32-39-59-60-40-31-50-14-9-10-18-58(50)62(60)64(61(59)42-53)54-16-5-2-6-17-54/h1-42H. The summed E-state index contributed by atoms with van der Waals surface area (Å²) in [6.45, 7) is 0. The fraction of sp³-hybridized carbons (Fsp3) is 0. The number of rotatable bonds is 8. The van der Waals surface area contributed by atoms with Gasteiger partial charge in [-0.1, -0.05) is 194 Å². The van der Waals surface area contributed by atoms with Crippen molar-refractivity contribution >= 4 is 60.4 Å². The molecule has 2 nitrogen and oxygen atoms in total. The Labute approximate surface area is 373 Å². The maximum absolute atomic E-state index is 2.44. The average molecular weight is 815 g/mol. The van der Waals surface area contributed by atoms with Crippen molar-refractivity contribution < 1.29 is 0 Å². The number of nitrogens with zero attached hydrogens (tertiary/aromatic N) is 2. The van der Waals surface area contributed by atoms with Gasteiger partial charge in [-0.05, 0) is 121 Å². The van der Waals surface area contributed by atoms with Crippen molar-refractivity contribution in [2.24, 2.45) is 0 Å². The number of benzene rings is 11. The fourth-order valence-electron chi connectivity index (χ4n) is 9.51. The van der Waals surface area contributed by atoms with Gasteiger partial charge in [-0.3, -0.25) is 0 Å². The van der Waals surface area contributed by atoms with E-state index in [0.29, 0.717) is 0 Å². The molecule has 2 heteroatoms. The lowest BCUT2D eigenvalue weighted by Gasteiger charge is -2.26. The van der Waals surface area contributed by atoms with Gasteiger partial charge in [-0.15, -0.1) is 0 Å². The van der Waals surface area contributed by atoms with E-state index in [1.54, 1.807) is 0 Å². The maximum Gasteiger partial charge on any atom is 0.0619 e. The Bertz CT molecular complexity index is 3610. The van der Waals surface area contributed by atoms with E-state index in [2.05, 4.69) is 264 Å². The van der Waals surface area contributed by atoms with Crippen LogP contribution in [0.4, 0.5) is 17.1 Å². The first-order chi connectivity index (χ1) is 31.7. The van der Waals surface area contributed by atoms with Crippen LogP contribution in [-0.4, -0.2) is 4.57 Å². The van der Waals surface area contributed by atoms with Crippen LogP contribution in [-0.2, 0) is 0 Å². The molecule has 12 rings (SSSR count). The number of hydrogen-bond donors (Lipinski definition) is 0. The van der Waals surface area contributed by atoms with E-state index in [-0.39, 0.29) is 0 Å². The second-order valence-corrected chi connectivity index (χ2v) is 16.6. The Kier molecular flexibility index (Phi) is 9.20. The summed E-state index contributed by atoms with van der Waals surface area (Å²) in [5.41, 5.74) is 16.4. The van der Waals surface area contributed by atoms with Gasteiger partial charge in [0, 0.05) is 38.9 Å². The van der Waals surface area contributed by atoms with E-state index in [1.807, 2.05) is 0 Å². The molecule has 12 aromatic rings. The van der Waals surface area contributed by atoms with Crippen molar-refractivity contribution in [3.63, 3.8) is 0 Å². The van der Waals surface area contributed by atoms with E-state index in [0.717, 1.165) is 22.7 Å². The molecule has 0 aliphatic rings. The fourth-order valence-corrected chi connectivity index (χ4v) is 9.51. The maximum atomic E-state index is 2.44. The predicted octanol–water partition coefficient (Wildman–Crippen LogP) is 17.2. The van der Waals surface area contributed by atoms with Gasteiger partial charge >= 0.3 is 0 Å². The summed E-state index contributed by atoms with van der Waals surface area (Å²) in [6.07, 6.45) is 0. The summed E-state index contributed by atoms with van der Waals surface area (Å²) in [7, 11) is 0. The van der Waals surface area contributed by atoms with E-state index in [4.69, 9.17) is 0 Å². The first-order valence-electron chi connectivity index (χ1n) is 22.0. The molecule has 0 aliphatic carbocycles. The molecule has 0 saturated carbocycles. The minimum Gasteiger partial charge on any atom is -0.311 e. The first-order valence-corrected chi connectivity index (χ1v) is 22.0. The second kappa shape index (κ2) is 15.8. The van der Waals surface area contributed by atoms with Gasteiger partial charge in [-0.25, -0.2) is 0 Å². The highest BCUT2D eigenvalue weighted by Crippen LogP contribution is 2.41. The zero-order valence-corrected chi connectivity index (χ0v) is 35.1. The molecule has 0 fully saturated rings. The van der Waals surface area contributed by atoms with Crippen molar-refractivity contribution in [3.05, 3.63) is 255 Å². The van der Waals surface area contributed by atoms with Gasteiger partial charge in [0.1, 0.15) is 0 Å². The van der Waals surface area contributed by atoms with E-state index in [1.165, 1.54) is 87.9 Å². The molecule has 0 spiro atoms. The van der Waals surface area contributed by atoms with E-state index < -0.39 is 0 Å². The number of anilines is 3. The number of fused-ring (bicyclic) bond motifs is 6. The molecule has 0 aliphatic heterocycles. The third-order valence-corrected chi connectivity index (χ3v) is 12.8. The molecule has 64 heavy (non-hydrogen) atoms. The number of aromatic nitrogens is 1. The average Bonchev–Trinajstić information content (AvgIpc) is 3.72. The van der Waals surface area contributed by atoms with Gasteiger partial charge in [-0.2, -0.15) is 0 Å². The summed E-state index contributed by atoms with van der Waals surface area (Å²) < 4.78 is 2.44. The zero-order chi connectivity index (χ0) is 42.4. The molecule has 0 N–H and O–H groups in total. The molecule has 0 saturated heterocycles. The molecule has 0 unspecified atom stereocenters. The Morgan fingerprint density at radius 1 is 0.250 bits per heavy atom. The number of hydrogen-bond acceptors (Lipinski definition) is 1. The van der Waals surface area contributed by atoms with Crippen LogP contribution in [0.25, 0.3) is 93.5 Å². The lowest BCUT2D eigenvalue weighted by atomic mass is 9.99. The van der Waals surface area contributed by atoms with Gasteiger partial charge in [0.15, 0.2) is 0 Å². The summed E-state index contributed by atoms with van der Waals surface area (Å²) in [5.74, 6) is 0. The van der Waals surface area contributed by atoms with Crippen LogP contribution in [0.3, 0.4) is 0 Å². The molecular weight excluding hydrogens is 773 g/mol. The van der Waals surface area contributed by atoms with Crippen LogP contribution in [0.15, 0.2) is 255 Å². The minimum atomic E-state index is 1.09. The molecule has 11 aromatic carbocycles. The highest BCUT2D eigenvalue weighted by Gasteiger charge is 2.18. The molecule has 0 atom stereocenters. The molecule has 0 bridgehead atoms. The molecular formula is C62H42N2. The minimum absolute atomic E-state index is 1.09. The lowest BCUT2D eigenvalue weighted by molar-refractivity contribution is 1.19. The van der Waals surface area contributed by atoms with Gasteiger partial charge < -0.3 is 9.47 Å². The van der Waals surface area contributed by atoms with E-state index in [9.17, 15) is 0 Å². The SMILES string of the molecule is c1ccc(-c2ccc(-c3ccc(N(c4ccc(-c5ccc6ccccc6c5)cc4)c4ccc(-c5ccc6c7ccc8ccccc8c7n(-c7ccccc7)c6c5)cc4)cc3)cc2)cc1. The molecule has 1 aromatic heterocycles. The molecule has 0 radical (unpaired) electrons. The van der Waals surface area contributed by atoms with Crippen LogP contribution < -0.4 is 4.90 Å². The highest BCUT2D eigenvalue weighted by atomic mass is 15.1. The monoisotopic (exact) mass is 814 g/mol. The highest BCUT2D eigenvalue weighted by molar-refractivity contribution is 6.19. The topological polar surface area (TPSA) is 8.17 Å². The van der Waals surface area contributed by atoms with Crippen molar-refractivity contribution in [3.8, 4) is 50.2 Å². The largest absolute Gasteiger partial charge is 0.311 e. The Morgan fingerprint density at radius 3 is 1.27 bits per heavy atom. The summed E-state index contributed by atoms with van der Waals surface area (Å²) in [4.78, 5) is 2.36. The third kappa shape index (κ3) is 6.70. The van der Waals surface area contributed by atoms with Crippen molar-refractivity contribution in [2.45, 2.75) is 0 Å². The van der Waals surface area contributed by atoms with Crippen molar-refractivity contribution in [1.82, 2.24) is 4.57 Å². The van der Waals surface area contributed by atoms with Gasteiger partial charge in [0.05, 0.1) is 11.0 Å². The Balaban J connectivity index is 0.925. The summed E-state index contributed by atoms with van der Waals surface area (Å²) >= 11 is 0. The first kappa shape index (κ1) is 37.3. The van der Waals surface area contributed by atoms with Crippen LogP contribution in [0.1, 0.15) is 0 Å². The van der Waals surface area contributed by atoms with Crippen LogP contribution in [0, 0.1) is 0 Å². The second-order valence-electron chi connectivity index (χ2n) is 16.6. The van der Waals surface area contributed by atoms with Crippen LogP contribution in [0.2, 0.25) is 0 Å².